The molecule has 0 atom stereocenters. The molecule has 0 unspecified atom stereocenters. The molecule has 0 spiro atoms. The normalized spacial score (nSPS) is 12.0. The molecule has 7 nitrogen and oxygen atoms in total. The molecule has 0 fully saturated rings. The second-order valence-electron chi connectivity index (χ2n) is 6.32. The average Bonchev–Trinajstić information content (AvgIpc) is 3.17. The number of hydrogen-bond donors (Lipinski definition) is 2. The van der Waals surface area contributed by atoms with E-state index in [1.54, 1.807) is 6.92 Å². The van der Waals surface area contributed by atoms with Crippen molar-refractivity contribution < 1.29 is 18.7 Å². The lowest BCUT2D eigenvalue weighted by Crippen LogP contribution is -2.16. The Morgan fingerprint density at radius 2 is 2.03 bits per heavy atom. The monoisotopic (exact) mass is 414 g/mol. The van der Waals surface area contributed by atoms with Crippen molar-refractivity contribution in [3.8, 4) is 11.5 Å². The van der Waals surface area contributed by atoms with Crippen LogP contribution in [-0.2, 0) is 6.54 Å². The van der Waals surface area contributed by atoms with Crippen LogP contribution in [0.15, 0.2) is 42.6 Å². The quantitative estimate of drug-likeness (QED) is 0.651. The Kier molecular flexibility index (Phi) is 5.18. The summed E-state index contributed by atoms with van der Waals surface area (Å²) in [6.45, 7) is 2.41. The maximum absolute atomic E-state index is 13.2. The molecule has 0 bridgehead atoms. The lowest BCUT2D eigenvalue weighted by atomic mass is 10.2. The van der Waals surface area contributed by atoms with E-state index in [1.165, 1.54) is 24.4 Å². The van der Waals surface area contributed by atoms with Crippen LogP contribution < -0.4 is 20.1 Å². The van der Waals surface area contributed by atoms with E-state index in [0.29, 0.717) is 35.2 Å². The van der Waals surface area contributed by atoms with Gasteiger partial charge in [-0.05, 0) is 42.8 Å². The molecule has 148 valence electrons. The standard InChI is InChI=1S/C20H16ClFN4O3/c1-11-14(19(27)26-13-3-4-16(22)15(21)7-13)9-24-20(25-11)23-8-12-2-5-17-18(6-12)29-10-28-17/h2-7,9H,8,10H2,1H3,(H,26,27)(H,23,24,25). The number of halogens is 2. The van der Waals surface area contributed by atoms with Crippen LogP contribution in [0.25, 0.3) is 0 Å². The summed E-state index contributed by atoms with van der Waals surface area (Å²) in [6.07, 6.45) is 1.44. The summed E-state index contributed by atoms with van der Waals surface area (Å²) in [5.41, 5.74) is 2.16. The third-order valence-corrected chi connectivity index (χ3v) is 4.58. The lowest BCUT2D eigenvalue weighted by Gasteiger charge is -2.10. The topological polar surface area (TPSA) is 85.4 Å². The van der Waals surface area contributed by atoms with Crippen LogP contribution in [0.1, 0.15) is 21.6 Å². The number of nitrogens with one attached hydrogen (secondary N) is 2. The average molecular weight is 415 g/mol. The maximum atomic E-state index is 13.2. The van der Waals surface area contributed by atoms with E-state index in [4.69, 9.17) is 21.1 Å². The van der Waals surface area contributed by atoms with E-state index in [9.17, 15) is 9.18 Å². The van der Waals surface area contributed by atoms with Gasteiger partial charge in [-0.15, -0.1) is 0 Å². The second-order valence-corrected chi connectivity index (χ2v) is 6.72. The minimum Gasteiger partial charge on any atom is -0.454 e. The lowest BCUT2D eigenvalue weighted by molar-refractivity contribution is 0.102. The first-order chi connectivity index (χ1) is 14.0. The third-order valence-electron chi connectivity index (χ3n) is 4.29. The molecule has 1 aliphatic rings. The summed E-state index contributed by atoms with van der Waals surface area (Å²) >= 11 is 5.74. The van der Waals surface area contributed by atoms with E-state index < -0.39 is 11.7 Å². The van der Waals surface area contributed by atoms with Crippen molar-refractivity contribution in [3.63, 3.8) is 0 Å². The zero-order valence-corrected chi connectivity index (χ0v) is 16.1. The summed E-state index contributed by atoms with van der Waals surface area (Å²) in [4.78, 5) is 21.0. The number of carbonyl (C=O) groups is 1. The predicted molar refractivity (Wildman–Crippen MR) is 106 cm³/mol. The van der Waals surface area contributed by atoms with Gasteiger partial charge in [0.25, 0.3) is 5.91 Å². The van der Waals surface area contributed by atoms with Gasteiger partial charge < -0.3 is 20.1 Å². The maximum Gasteiger partial charge on any atom is 0.259 e. The number of amides is 1. The van der Waals surface area contributed by atoms with Gasteiger partial charge in [-0.3, -0.25) is 4.79 Å². The Morgan fingerprint density at radius 3 is 2.83 bits per heavy atom. The van der Waals surface area contributed by atoms with Gasteiger partial charge >= 0.3 is 0 Å². The number of nitrogens with zero attached hydrogens (tertiary/aromatic N) is 2. The molecular weight excluding hydrogens is 399 g/mol. The molecule has 1 amide bonds. The number of carbonyl (C=O) groups excluding carboxylic acids is 1. The Hall–Kier alpha value is -3.39. The smallest absolute Gasteiger partial charge is 0.259 e. The summed E-state index contributed by atoms with van der Waals surface area (Å²) in [7, 11) is 0. The highest BCUT2D eigenvalue weighted by molar-refractivity contribution is 6.31. The molecular formula is C20H16ClFN4O3. The van der Waals surface area contributed by atoms with Crippen molar-refractivity contribution in [2.45, 2.75) is 13.5 Å². The molecule has 2 N–H and O–H groups in total. The molecule has 0 radical (unpaired) electrons. The molecule has 0 saturated carbocycles. The van der Waals surface area contributed by atoms with Crippen molar-refractivity contribution in [1.29, 1.82) is 0 Å². The molecule has 4 rings (SSSR count). The summed E-state index contributed by atoms with van der Waals surface area (Å²) in [5, 5.41) is 5.69. The van der Waals surface area contributed by atoms with Crippen molar-refractivity contribution in [3.05, 3.63) is 70.3 Å². The molecule has 3 aromatic rings. The molecule has 9 heteroatoms. The SMILES string of the molecule is Cc1nc(NCc2ccc3c(c2)OCO3)ncc1C(=O)Nc1ccc(F)c(Cl)c1. The molecule has 2 aromatic carbocycles. The van der Waals surface area contributed by atoms with Crippen molar-refractivity contribution in [2.75, 3.05) is 17.4 Å². The van der Waals surface area contributed by atoms with E-state index in [0.717, 1.165) is 11.3 Å². The fraction of sp³-hybridized carbons (Fsp3) is 0.150. The predicted octanol–water partition coefficient (Wildman–Crippen LogP) is 4.17. The molecule has 1 aliphatic heterocycles. The summed E-state index contributed by atoms with van der Waals surface area (Å²) in [6, 6.07) is 9.61. The van der Waals surface area contributed by atoms with Crippen molar-refractivity contribution in [1.82, 2.24) is 9.97 Å². The number of fused-ring (bicyclic) bond motifs is 1. The van der Waals surface area contributed by atoms with Gasteiger partial charge in [0.15, 0.2) is 11.5 Å². The summed E-state index contributed by atoms with van der Waals surface area (Å²) < 4.78 is 23.9. The van der Waals surface area contributed by atoms with Crippen LogP contribution in [0.3, 0.4) is 0 Å². The highest BCUT2D eigenvalue weighted by Crippen LogP contribution is 2.32. The van der Waals surface area contributed by atoms with Crippen LogP contribution in [0.2, 0.25) is 5.02 Å². The summed E-state index contributed by atoms with van der Waals surface area (Å²) in [5.74, 6) is 0.851. The van der Waals surface area contributed by atoms with E-state index >= 15 is 0 Å². The number of aryl methyl sites for hydroxylation is 1. The fourth-order valence-electron chi connectivity index (χ4n) is 2.78. The Bertz CT molecular complexity index is 1090. The molecule has 0 aliphatic carbocycles. The first kappa shape index (κ1) is 18.9. The molecule has 29 heavy (non-hydrogen) atoms. The number of anilines is 2. The van der Waals surface area contributed by atoms with Crippen LogP contribution in [0, 0.1) is 12.7 Å². The molecule has 1 aromatic heterocycles. The Morgan fingerprint density at radius 1 is 1.21 bits per heavy atom. The number of benzene rings is 2. The Balaban J connectivity index is 1.41. The van der Waals surface area contributed by atoms with Gasteiger partial charge in [0.1, 0.15) is 5.82 Å². The van der Waals surface area contributed by atoms with Crippen molar-refractivity contribution >= 4 is 29.1 Å². The fourth-order valence-corrected chi connectivity index (χ4v) is 2.96. The Labute approximate surface area is 170 Å². The van der Waals surface area contributed by atoms with E-state index in [1.807, 2.05) is 18.2 Å². The van der Waals surface area contributed by atoms with Crippen molar-refractivity contribution in [2.24, 2.45) is 0 Å². The number of hydrogen-bond acceptors (Lipinski definition) is 6. The van der Waals surface area contributed by atoms with Gasteiger partial charge in [-0.25, -0.2) is 14.4 Å². The van der Waals surface area contributed by atoms with Gasteiger partial charge in [0.05, 0.1) is 16.3 Å². The van der Waals surface area contributed by atoms with Gasteiger partial charge in [-0.2, -0.15) is 0 Å². The number of rotatable bonds is 5. The highest BCUT2D eigenvalue weighted by atomic mass is 35.5. The van der Waals surface area contributed by atoms with Crippen LogP contribution in [0.5, 0.6) is 11.5 Å². The number of ether oxygens (including phenoxy) is 2. The van der Waals surface area contributed by atoms with Crippen LogP contribution >= 0.6 is 11.6 Å². The van der Waals surface area contributed by atoms with E-state index in [-0.39, 0.29) is 11.8 Å². The van der Waals surface area contributed by atoms with Crippen LogP contribution in [-0.4, -0.2) is 22.7 Å². The van der Waals surface area contributed by atoms with Gasteiger partial charge in [0.2, 0.25) is 12.7 Å². The minimum absolute atomic E-state index is 0.0705. The largest absolute Gasteiger partial charge is 0.454 e. The van der Waals surface area contributed by atoms with Gasteiger partial charge in [-0.1, -0.05) is 17.7 Å². The van der Waals surface area contributed by atoms with E-state index in [2.05, 4.69) is 20.6 Å². The zero-order valence-electron chi connectivity index (χ0n) is 15.3. The van der Waals surface area contributed by atoms with Gasteiger partial charge in [0, 0.05) is 18.4 Å². The second kappa shape index (κ2) is 7.92. The molecule has 0 saturated heterocycles. The zero-order chi connectivity index (χ0) is 20.4. The highest BCUT2D eigenvalue weighted by Gasteiger charge is 2.15. The third kappa shape index (κ3) is 4.22. The first-order valence-electron chi connectivity index (χ1n) is 8.72. The van der Waals surface area contributed by atoms with Crippen LogP contribution in [0.4, 0.5) is 16.0 Å². The number of aromatic nitrogens is 2. The molecule has 2 heterocycles. The first-order valence-corrected chi connectivity index (χ1v) is 9.10. The minimum atomic E-state index is -0.554.